The summed E-state index contributed by atoms with van der Waals surface area (Å²) in [4.78, 5) is 0. The van der Waals surface area contributed by atoms with Gasteiger partial charge in [0.05, 0.1) is 11.8 Å². The summed E-state index contributed by atoms with van der Waals surface area (Å²) in [5.41, 5.74) is 2.18. The number of aliphatic hydroxyl groups excluding tert-OH is 1. The molecule has 0 radical (unpaired) electrons. The Kier molecular flexibility index (Phi) is 3.87. The molecular formula is C14H24N2O. The fraction of sp³-hybridized carbons (Fsp3) is 0.786. The molecular weight excluding hydrogens is 212 g/mol. The number of aromatic nitrogens is 2. The maximum atomic E-state index is 10.3. The fourth-order valence-corrected chi connectivity index (χ4v) is 2.91. The van der Waals surface area contributed by atoms with Gasteiger partial charge < -0.3 is 5.11 Å². The average Bonchev–Trinajstić information content (AvgIpc) is 2.58. The van der Waals surface area contributed by atoms with Crippen molar-refractivity contribution < 1.29 is 5.11 Å². The lowest BCUT2D eigenvalue weighted by atomic mass is 9.79. The highest BCUT2D eigenvalue weighted by Crippen LogP contribution is 2.31. The molecule has 1 N–H and O–H groups in total. The maximum absolute atomic E-state index is 10.3. The smallest absolute Gasteiger partial charge is 0.0623 e. The molecule has 1 atom stereocenters. The maximum Gasteiger partial charge on any atom is 0.0623 e. The van der Waals surface area contributed by atoms with Crippen molar-refractivity contribution in [3.8, 4) is 0 Å². The lowest BCUT2D eigenvalue weighted by Crippen LogP contribution is -2.27. The molecule has 96 valence electrons. The van der Waals surface area contributed by atoms with Gasteiger partial charge in [-0.25, -0.2) is 0 Å². The van der Waals surface area contributed by atoms with Gasteiger partial charge in [-0.05, 0) is 37.7 Å². The van der Waals surface area contributed by atoms with Gasteiger partial charge in [-0.3, -0.25) is 4.68 Å². The highest BCUT2D eigenvalue weighted by molar-refractivity contribution is 5.09. The highest BCUT2D eigenvalue weighted by Gasteiger charge is 2.25. The minimum absolute atomic E-state index is 0.197. The van der Waals surface area contributed by atoms with Gasteiger partial charge in [0.25, 0.3) is 0 Å². The van der Waals surface area contributed by atoms with E-state index in [1.807, 2.05) is 18.7 Å². The van der Waals surface area contributed by atoms with Crippen LogP contribution in [0.15, 0.2) is 6.07 Å². The quantitative estimate of drug-likeness (QED) is 0.875. The molecule has 1 unspecified atom stereocenters. The molecule has 1 aromatic rings. The van der Waals surface area contributed by atoms with Crippen LogP contribution in [0.4, 0.5) is 0 Å². The third-order valence-electron chi connectivity index (χ3n) is 4.12. The van der Waals surface area contributed by atoms with E-state index in [1.54, 1.807) is 0 Å². The van der Waals surface area contributed by atoms with Crippen LogP contribution in [0.2, 0.25) is 0 Å². The van der Waals surface area contributed by atoms with E-state index in [1.165, 1.54) is 25.7 Å². The summed E-state index contributed by atoms with van der Waals surface area (Å²) in [6.07, 6.45) is 5.45. The van der Waals surface area contributed by atoms with E-state index < -0.39 is 0 Å². The molecule has 2 rings (SSSR count). The number of hydrogen-bond acceptors (Lipinski definition) is 2. The van der Waals surface area contributed by atoms with Crippen molar-refractivity contribution in [1.82, 2.24) is 9.78 Å². The van der Waals surface area contributed by atoms with Crippen molar-refractivity contribution in [2.45, 2.75) is 52.1 Å². The first kappa shape index (κ1) is 12.6. The van der Waals surface area contributed by atoms with Gasteiger partial charge in [0.2, 0.25) is 0 Å². The molecule has 0 aromatic carbocycles. The highest BCUT2D eigenvalue weighted by atomic mass is 16.3. The second-order valence-electron chi connectivity index (χ2n) is 5.69. The predicted molar refractivity (Wildman–Crippen MR) is 68.8 cm³/mol. The van der Waals surface area contributed by atoms with Crippen LogP contribution in [0.3, 0.4) is 0 Å². The molecule has 0 aliphatic heterocycles. The van der Waals surface area contributed by atoms with E-state index in [0.29, 0.717) is 5.92 Å². The van der Waals surface area contributed by atoms with Crippen molar-refractivity contribution in [1.29, 1.82) is 0 Å². The Hall–Kier alpha value is -0.830. The molecule has 0 saturated heterocycles. The topological polar surface area (TPSA) is 38.0 Å². The molecule has 3 heteroatoms. The zero-order valence-corrected chi connectivity index (χ0v) is 11.2. The van der Waals surface area contributed by atoms with Crippen LogP contribution in [0.25, 0.3) is 0 Å². The first-order chi connectivity index (χ1) is 8.06. The summed E-state index contributed by atoms with van der Waals surface area (Å²) in [5.74, 6) is 1.33. The third-order valence-corrected chi connectivity index (χ3v) is 4.12. The van der Waals surface area contributed by atoms with E-state index in [2.05, 4.69) is 18.1 Å². The molecule has 17 heavy (non-hydrogen) atoms. The van der Waals surface area contributed by atoms with E-state index in [4.69, 9.17) is 0 Å². The van der Waals surface area contributed by atoms with Crippen molar-refractivity contribution in [2.24, 2.45) is 18.9 Å². The van der Waals surface area contributed by atoms with Crippen LogP contribution in [-0.4, -0.2) is 21.0 Å². The van der Waals surface area contributed by atoms with Gasteiger partial charge >= 0.3 is 0 Å². The van der Waals surface area contributed by atoms with Crippen LogP contribution in [0.5, 0.6) is 0 Å². The SMILES string of the molecule is Cc1cc(CC(O)C2CCC(C)CC2)n(C)n1. The van der Waals surface area contributed by atoms with Gasteiger partial charge in [0.1, 0.15) is 0 Å². The van der Waals surface area contributed by atoms with E-state index in [-0.39, 0.29) is 6.10 Å². The van der Waals surface area contributed by atoms with Crippen LogP contribution in [-0.2, 0) is 13.5 Å². The summed E-state index contributed by atoms with van der Waals surface area (Å²) in [7, 11) is 1.96. The van der Waals surface area contributed by atoms with Crippen molar-refractivity contribution in [3.63, 3.8) is 0 Å². The van der Waals surface area contributed by atoms with Crippen LogP contribution >= 0.6 is 0 Å². The molecule has 0 amide bonds. The van der Waals surface area contributed by atoms with Crippen molar-refractivity contribution in [3.05, 3.63) is 17.5 Å². The minimum Gasteiger partial charge on any atom is -0.392 e. The monoisotopic (exact) mass is 236 g/mol. The van der Waals surface area contributed by atoms with Gasteiger partial charge in [-0.2, -0.15) is 5.10 Å². The summed E-state index contributed by atoms with van der Waals surface area (Å²) in [6.45, 7) is 4.31. The van der Waals surface area contributed by atoms with E-state index >= 15 is 0 Å². The number of hydrogen-bond donors (Lipinski definition) is 1. The third kappa shape index (κ3) is 3.09. The first-order valence-electron chi connectivity index (χ1n) is 6.74. The second kappa shape index (κ2) is 5.21. The van der Waals surface area contributed by atoms with Gasteiger partial charge in [-0.15, -0.1) is 0 Å². The number of aryl methyl sites for hydroxylation is 2. The molecule has 1 aliphatic carbocycles. The Bertz CT molecular complexity index is 364. The lowest BCUT2D eigenvalue weighted by Gasteiger charge is -2.29. The fourth-order valence-electron chi connectivity index (χ4n) is 2.91. The molecule has 0 bridgehead atoms. The number of rotatable bonds is 3. The van der Waals surface area contributed by atoms with Gasteiger partial charge in [-0.1, -0.05) is 19.8 Å². The van der Waals surface area contributed by atoms with E-state index in [9.17, 15) is 5.11 Å². The standard InChI is InChI=1S/C14H24N2O/c1-10-4-6-12(7-5-10)14(17)9-13-8-11(2)15-16(13)3/h8,10,12,14,17H,4-7,9H2,1-3H3. The first-order valence-corrected chi connectivity index (χ1v) is 6.74. The largest absolute Gasteiger partial charge is 0.392 e. The minimum atomic E-state index is -0.197. The summed E-state index contributed by atoms with van der Waals surface area (Å²) < 4.78 is 1.89. The molecule has 1 saturated carbocycles. The lowest BCUT2D eigenvalue weighted by molar-refractivity contribution is 0.0746. The number of aliphatic hydroxyl groups is 1. The zero-order valence-electron chi connectivity index (χ0n) is 11.2. The Morgan fingerprint density at radius 3 is 2.59 bits per heavy atom. The Labute approximate surface area is 104 Å². The Morgan fingerprint density at radius 2 is 2.06 bits per heavy atom. The number of nitrogens with zero attached hydrogens (tertiary/aromatic N) is 2. The van der Waals surface area contributed by atoms with Crippen LogP contribution < -0.4 is 0 Å². The van der Waals surface area contributed by atoms with Crippen molar-refractivity contribution >= 4 is 0 Å². The predicted octanol–water partition coefficient (Wildman–Crippen LogP) is 2.46. The van der Waals surface area contributed by atoms with Crippen LogP contribution in [0.1, 0.15) is 44.0 Å². The molecule has 3 nitrogen and oxygen atoms in total. The van der Waals surface area contributed by atoms with Gasteiger partial charge in [0.15, 0.2) is 0 Å². The Balaban J connectivity index is 1.92. The average molecular weight is 236 g/mol. The molecule has 1 aliphatic rings. The van der Waals surface area contributed by atoms with Crippen LogP contribution in [0, 0.1) is 18.8 Å². The zero-order chi connectivity index (χ0) is 12.4. The Morgan fingerprint density at radius 1 is 1.41 bits per heavy atom. The molecule has 1 aromatic heterocycles. The molecule has 0 spiro atoms. The molecule has 1 fully saturated rings. The second-order valence-corrected chi connectivity index (χ2v) is 5.69. The summed E-state index contributed by atoms with van der Waals surface area (Å²) >= 11 is 0. The van der Waals surface area contributed by atoms with Crippen molar-refractivity contribution in [2.75, 3.05) is 0 Å². The van der Waals surface area contributed by atoms with E-state index in [0.717, 1.165) is 23.7 Å². The normalized spacial score (nSPS) is 27.1. The summed E-state index contributed by atoms with van der Waals surface area (Å²) in [5, 5.41) is 14.6. The van der Waals surface area contributed by atoms with Gasteiger partial charge in [0, 0.05) is 19.2 Å². The molecule has 1 heterocycles. The summed E-state index contributed by atoms with van der Waals surface area (Å²) in [6, 6.07) is 2.08.